The molecule has 3 aromatic heterocycles. The highest BCUT2D eigenvalue weighted by atomic mass is 32.2. The molecule has 6 rings (SSSR count). The Morgan fingerprint density at radius 1 is 1.05 bits per heavy atom. The van der Waals surface area contributed by atoms with Gasteiger partial charge in [-0.05, 0) is 17.5 Å². The molecule has 2 saturated heterocycles. The van der Waals surface area contributed by atoms with Gasteiger partial charge in [-0.15, -0.1) is 0 Å². The first-order valence-corrected chi connectivity index (χ1v) is 14.1. The molecule has 0 atom stereocenters. The van der Waals surface area contributed by atoms with Crippen molar-refractivity contribution >= 4 is 43.8 Å². The van der Waals surface area contributed by atoms with Crippen molar-refractivity contribution in [2.24, 2.45) is 0 Å². The van der Waals surface area contributed by atoms with Gasteiger partial charge in [-0.25, -0.2) is 13.4 Å². The van der Waals surface area contributed by atoms with Gasteiger partial charge < -0.3 is 14.6 Å². The fraction of sp³-hybridized carbons (Fsp3) is 0.417. The highest BCUT2D eigenvalue weighted by Crippen LogP contribution is 2.30. The zero-order valence-corrected chi connectivity index (χ0v) is 21.3. The zero-order valence-electron chi connectivity index (χ0n) is 20.5. The number of piperazine rings is 1. The van der Waals surface area contributed by atoms with Crippen LogP contribution < -0.4 is 4.90 Å². The number of sulfonamides is 1. The molecule has 0 amide bonds. The van der Waals surface area contributed by atoms with Gasteiger partial charge in [0.2, 0.25) is 16.0 Å². The minimum atomic E-state index is -3.24. The molecule has 13 heteroatoms. The molecule has 4 aromatic rings. The SMILES string of the molecule is CS(=O)(=O)N1CCN(CC(=O)n2ncc3c(-c4ccc5cc[nH]c5c4)nc(N4CCOCC4)nc32)CC1. The topological polar surface area (TPSA) is 130 Å². The lowest BCUT2D eigenvalue weighted by Gasteiger charge is -2.32. The third kappa shape index (κ3) is 4.70. The summed E-state index contributed by atoms with van der Waals surface area (Å²) in [6, 6.07) is 8.11. The molecule has 0 saturated carbocycles. The van der Waals surface area contributed by atoms with Gasteiger partial charge in [0, 0.05) is 56.5 Å². The van der Waals surface area contributed by atoms with E-state index in [1.165, 1.54) is 15.2 Å². The first-order chi connectivity index (χ1) is 17.9. The Bertz CT molecular complexity index is 1570. The van der Waals surface area contributed by atoms with Gasteiger partial charge in [-0.2, -0.15) is 19.1 Å². The van der Waals surface area contributed by atoms with Crippen molar-refractivity contribution in [3.8, 4) is 11.3 Å². The van der Waals surface area contributed by atoms with Crippen molar-refractivity contribution < 1.29 is 17.9 Å². The van der Waals surface area contributed by atoms with Crippen molar-refractivity contribution in [1.29, 1.82) is 0 Å². The molecular weight excluding hydrogens is 496 g/mol. The van der Waals surface area contributed by atoms with Crippen molar-refractivity contribution in [3.63, 3.8) is 0 Å². The van der Waals surface area contributed by atoms with Gasteiger partial charge in [0.1, 0.15) is 0 Å². The van der Waals surface area contributed by atoms with E-state index in [4.69, 9.17) is 14.7 Å². The van der Waals surface area contributed by atoms with E-state index >= 15 is 0 Å². The van der Waals surface area contributed by atoms with Crippen LogP contribution in [0, 0.1) is 0 Å². The number of nitrogens with zero attached hydrogens (tertiary/aromatic N) is 7. The van der Waals surface area contributed by atoms with E-state index in [9.17, 15) is 13.2 Å². The lowest BCUT2D eigenvalue weighted by Crippen LogP contribution is -2.50. The van der Waals surface area contributed by atoms with E-state index < -0.39 is 10.0 Å². The predicted octanol–water partition coefficient (Wildman–Crippen LogP) is 1.03. The van der Waals surface area contributed by atoms with Crippen LogP contribution in [0.3, 0.4) is 0 Å². The average molecular weight is 525 g/mol. The second kappa shape index (κ2) is 9.49. The fourth-order valence-corrected chi connectivity index (χ4v) is 5.70. The third-order valence-electron chi connectivity index (χ3n) is 6.93. The minimum Gasteiger partial charge on any atom is -0.378 e. The molecule has 1 N–H and O–H groups in total. The number of carbonyl (C=O) groups is 1. The molecule has 0 aliphatic carbocycles. The molecule has 2 aliphatic heterocycles. The van der Waals surface area contributed by atoms with Gasteiger partial charge in [0.15, 0.2) is 5.65 Å². The number of morpholine rings is 1. The average Bonchev–Trinajstić information content (AvgIpc) is 3.55. The molecular formula is C24H28N8O4S. The molecule has 37 heavy (non-hydrogen) atoms. The van der Waals surface area contributed by atoms with Gasteiger partial charge in [0.05, 0.1) is 43.3 Å². The summed E-state index contributed by atoms with van der Waals surface area (Å²) in [5, 5.41) is 6.21. The van der Waals surface area contributed by atoms with Crippen molar-refractivity contribution in [1.82, 2.24) is 33.9 Å². The largest absolute Gasteiger partial charge is 0.378 e. The number of carbonyl (C=O) groups excluding carboxylic acids is 1. The summed E-state index contributed by atoms with van der Waals surface area (Å²) in [5.74, 6) is 0.314. The monoisotopic (exact) mass is 524 g/mol. The number of H-pyrrole nitrogens is 1. The molecule has 0 radical (unpaired) electrons. The Morgan fingerprint density at radius 2 is 1.84 bits per heavy atom. The van der Waals surface area contributed by atoms with Crippen LogP contribution in [0.1, 0.15) is 4.79 Å². The second-order valence-corrected chi connectivity index (χ2v) is 11.4. The molecule has 1 aromatic carbocycles. The number of aromatic amines is 1. The summed E-state index contributed by atoms with van der Waals surface area (Å²) >= 11 is 0. The molecule has 12 nitrogen and oxygen atoms in total. The molecule has 5 heterocycles. The van der Waals surface area contributed by atoms with Gasteiger partial charge >= 0.3 is 0 Å². The Labute approximate surface area is 213 Å². The highest BCUT2D eigenvalue weighted by molar-refractivity contribution is 7.88. The fourth-order valence-electron chi connectivity index (χ4n) is 4.88. The maximum atomic E-state index is 13.4. The summed E-state index contributed by atoms with van der Waals surface area (Å²) in [6.07, 6.45) is 4.75. The van der Waals surface area contributed by atoms with Gasteiger partial charge in [-0.3, -0.25) is 9.69 Å². The van der Waals surface area contributed by atoms with Crippen molar-refractivity contribution in [3.05, 3.63) is 36.7 Å². The van der Waals surface area contributed by atoms with E-state index in [0.29, 0.717) is 75.2 Å². The van der Waals surface area contributed by atoms with Crippen molar-refractivity contribution in [2.45, 2.75) is 0 Å². The molecule has 194 valence electrons. The number of aromatic nitrogens is 5. The summed E-state index contributed by atoms with van der Waals surface area (Å²) in [7, 11) is -3.24. The minimum absolute atomic E-state index is 0.120. The second-order valence-electron chi connectivity index (χ2n) is 9.38. The summed E-state index contributed by atoms with van der Waals surface area (Å²) in [4.78, 5) is 30.3. The first-order valence-electron chi connectivity index (χ1n) is 12.2. The van der Waals surface area contributed by atoms with Crippen LogP contribution in [0.4, 0.5) is 5.95 Å². The van der Waals surface area contributed by atoms with Gasteiger partial charge in [-0.1, -0.05) is 12.1 Å². The highest BCUT2D eigenvalue weighted by Gasteiger charge is 2.27. The quantitative estimate of drug-likeness (QED) is 0.407. The van der Waals surface area contributed by atoms with Crippen LogP contribution >= 0.6 is 0 Å². The molecule has 0 bridgehead atoms. The van der Waals surface area contributed by atoms with Crippen molar-refractivity contribution in [2.75, 3.05) is 70.2 Å². The van der Waals surface area contributed by atoms with Gasteiger partial charge in [0.25, 0.3) is 5.91 Å². The maximum Gasteiger partial charge on any atom is 0.263 e. The lowest BCUT2D eigenvalue weighted by atomic mass is 10.1. The van der Waals surface area contributed by atoms with E-state index in [1.807, 2.05) is 35.4 Å². The van der Waals surface area contributed by atoms with E-state index in [1.54, 1.807) is 6.20 Å². The first kappa shape index (κ1) is 24.0. The lowest BCUT2D eigenvalue weighted by molar-refractivity contribution is 0.0809. The van der Waals surface area contributed by atoms with Crippen LogP contribution in [0.25, 0.3) is 33.2 Å². The molecule has 2 aliphatic rings. The summed E-state index contributed by atoms with van der Waals surface area (Å²) in [6.45, 7) is 4.30. The van der Waals surface area contributed by atoms with Crippen LogP contribution in [-0.2, 0) is 14.8 Å². The summed E-state index contributed by atoms with van der Waals surface area (Å²) < 4.78 is 31.9. The van der Waals surface area contributed by atoms with Crippen LogP contribution in [-0.4, -0.2) is 114 Å². The molecule has 0 spiro atoms. The van der Waals surface area contributed by atoms with Crippen LogP contribution in [0.2, 0.25) is 0 Å². The van der Waals surface area contributed by atoms with E-state index in [2.05, 4.69) is 15.0 Å². The standard InChI is InChI=1S/C24H28N8O4S/c1-37(34,35)31-8-6-29(7-9-31)16-21(33)32-23-19(15-26-32)22(18-3-2-17-4-5-25-20(17)14-18)27-24(28-23)30-10-12-36-13-11-30/h2-5,14-15,25H,6-13,16H2,1H3. The normalized spacial score (nSPS) is 18.1. The smallest absolute Gasteiger partial charge is 0.263 e. The van der Waals surface area contributed by atoms with E-state index in [0.717, 1.165) is 16.5 Å². The number of anilines is 1. The Kier molecular flexibility index (Phi) is 6.15. The Hall–Kier alpha value is -3.39. The number of ether oxygens (including phenoxy) is 1. The number of rotatable bonds is 5. The number of hydrogen-bond donors (Lipinski definition) is 1. The number of fused-ring (bicyclic) bond motifs is 2. The van der Waals surface area contributed by atoms with E-state index in [-0.39, 0.29) is 12.5 Å². The Balaban J connectivity index is 1.35. The number of nitrogens with one attached hydrogen (secondary N) is 1. The maximum absolute atomic E-state index is 13.4. The van der Waals surface area contributed by atoms with Crippen LogP contribution in [0.5, 0.6) is 0 Å². The Morgan fingerprint density at radius 3 is 2.59 bits per heavy atom. The summed E-state index contributed by atoms with van der Waals surface area (Å²) in [5.41, 5.74) is 3.07. The number of hydrogen-bond acceptors (Lipinski definition) is 9. The van der Waals surface area contributed by atoms with Crippen LogP contribution in [0.15, 0.2) is 36.7 Å². The third-order valence-corrected chi connectivity index (χ3v) is 8.24. The predicted molar refractivity (Wildman–Crippen MR) is 139 cm³/mol. The zero-order chi connectivity index (χ0) is 25.6. The molecule has 0 unspecified atom stereocenters. The number of benzene rings is 1. The molecule has 2 fully saturated rings.